The summed E-state index contributed by atoms with van der Waals surface area (Å²) in [5.74, 6) is -1.03. The molecule has 30 heavy (non-hydrogen) atoms. The van der Waals surface area contributed by atoms with Gasteiger partial charge in [-0.15, -0.1) is 0 Å². The molecule has 7 nitrogen and oxygen atoms in total. The van der Waals surface area contributed by atoms with Crippen LogP contribution in [-0.2, 0) is 20.8 Å². The van der Waals surface area contributed by atoms with Gasteiger partial charge in [-0.1, -0.05) is 35.9 Å². The summed E-state index contributed by atoms with van der Waals surface area (Å²) in [5.41, 5.74) is 8.28. The van der Waals surface area contributed by atoms with Crippen LogP contribution in [0.3, 0.4) is 0 Å². The Hall–Kier alpha value is -2.97. The van der Waals surface area contributed by atoms with Crippen LogP contribution in [0.25, 0.3) is 0 Å². The van der Waals surface area contributed by atoms with E-state index in [1.165, 1.54) is 0 Å². The Morgan fingerprint density at radius 3 is 2.27 bits per heavy atom. The number of nitrogens with one attached hydrogen (secondary N) is 4. The fourth-order valence-corrected chi connectivity index (χ4v) is 2.78. The minimum atomic E-state index is -0.430. The molecule has 0 aliphatic heterocycles. The number of thiocarbonyl (C=S) groups is 1. The maximum Gasteiger partial charge on any atom is 0.238 e. The molecule has 0 aromatic heterocycles. The van der Waals surface area contributed by atoms with Crippen molar-refractivity contribution in [1.29, 1.82) is 0 Å². The van der Waals surface area contributed by atoms with Crippen molar-refractivity contribution >= 4 is 52.3 Å². The summed E-state index contributed by atoms with van der Waals surface area (Å²) in [6.07, 6.45) is 0.0904. The first kappa shape index (κ1) is 23.3. The first-order valence-electron chi connectivity index (χ1n) is 9.23. The summed E-state index contributed by atoms with van der Waals surface area (Å²) in [5, 5.41) is 5.80. The van der Waals surface area contributed by atoms with E-state index in [0.717, 1.165) is 22.4 Å². The third-order valence-corrected chi connectivity index (χ3v) is 4.55. The van der Waals surface area contributed by atoms with Crippen LogP contribution in [0.2, 0.25) is 5.02 Å². The van der Waals surface area contributed by atoms with Gasteiger partial charge in [-0.3, -0.25) is 25.2 Å². The molecule has 0 radical (unpaired) electrons. The number of aryl methyl sites for hydroxylation is 2. The van der Waals surface area contributed by atoms with Crippen molar-refractivity contribution in [3.05, 3.63) is 64.2 Å². The smallest absolute Gasteiger partial charge is 0.238 e. The topological polar surface area (TPSA) is 99.3 Å². The monoisotopic (exact) mass is 446 g/mol. The molecule has 0 fully saturated rings. The van der Waals surface area contributed by atoms with E-state index < -0.39 is 5.91 Å². The van der Waals surface area contributed by atoms with Crippen molar-refractivity contribution in [2.45, 2.75) is 33.1 Å². The van der Waals surface area contributed by atoms with Gasteiger partial charge in [-0.05, 0) is 61.0 Å². The average molecular weight is 447 g/mol. The van der Waals surface area contributed by atoms with E-state index in [0.29, 0.717) is 5.02 Å². The molecule has 158 valence electrons. The number of rotatable bonds is 6. The van der Waals surface area contributed by atoms with Crippen molar-refractivity contribution < 1.29 is 14.4 Å². The summed E-state index contributed by atoms with van der Waals surface area (Å²) in [6, 6.07) is 12.6. The number of halogens is 1. The van der Waals surface area contributed by atoms with Crippen LogP contribution in [0.4, 0.5) is 5.69 Å². The minimum Gasteiger partial charge on any atom is -0.326 e. The van der Waals surface area contributed by atoms with Crippen LogP contribution < -0.4 is 21.5 Å². The molecule has 2 aromatic rings. The summed E-state index contributed by atoms with van der Waals surface area (Å²) in [4.78, 5) is 35.9. The molecule has 0 unspecified atom stereocenters. The molecular formula is C21H23ClN4O3S. The predicted octanol–water partition coefficient (Wildman–Crippen LogP) is 2.94. The summed E-state index contributed by atoms with van der Waals surface area (Å²) < 4.78 is 0. The van der Waals surface area contributed by atoms with Gasteiger partial charge in [0.05, 0.1) is 6.42 Å². The Balaban J connectivity index is 1.67. The summed E-state index contributed by atoms with van der Waals surface area (Å²) in [7, 11) is 0. The number of anilines is 1. The van der Waals surface area contributed by atoms with Crippen molar-refractivity contribution in [2.24, 2.45) is 0 Å². The molecule has 0 bridgehead atoms. The SMILES string of the molecule is Cc1ccc(C)c(NC(=O)CCC(=O)NNC(=S)NC(=O)Cc2ccc(Cl)cc2)c1. The number of hydrogen-bond acceptors (Lipinski definition) is 4. The van der Waals surface area contributed by atoms with E-state index in [1.54, 1.807) is 24.3 Å². The van der Waals surface area contributed by atoms with E-state index in [1.807, 2.05) is 32.0 Å². The number of hydrogen-bond donors (Lipinski definition) is 4. The fraction of sp³-hybridized carbons (Fsp3) is 0.238. The van der Waals surface area contributed by atoms with Crippen LogP contribution >= 0.6 is 23.8 Å². The third kappa shape index (κ3) is 8.18. The standard InChI is InChI=1S/C21H23ClN4O3S/c1-13-3-4-14(2)17(11-13)23-18(27)9-10-19(28)25-26-21(30)24-20(29)12-15-5-7-16(22)8-6-15/h3-8,11H,9-10,12H2,1-2H3,(H,23,27)(H,25,28)(H2,24,26,29,30). The lowest BCUT2D eigenvalue weighted by Crippen LogP contribution is -2.48. The van der Waals surface area contributed by atoms with Crippen molar-refractivity contribution in [1.82, 2.24) is 16.2 Å². The van der Waals surface area contributed by atoms with Crippen molar-refractivity contribution in [2.75, 3.05) is 5.32 Å². The van der Waals surface area contributed by atoms with Gasteiger partial charge in [-0.2, -0.15) is 0 Å². The van der Waals surface area contributed by atoms with Gasteiger partial charge in [0.25, 0.3) is 0 Å². The zero-order valence-corrected chi connectivity index (χ0v) is 18.2. The molecule has 0 aliphatic rings. The second-order valence-corrected chi connectivity index (χ2v) is 7.56. The number of carbonyl (C=O) groups excluding carboxylic acids is 3. The summed E-state index contributed by atoms with van der Waals surface area (Å²) in [6.45, 7) is 3.83. The quantitative estimate of drug-likeness (QED) is 0.404. The largest absolute Gasteiger partial charge is 0.326 e. The lowest BCUT2D eigenvalue weighted by Gasteiger charge is -2.11. The van der Waals surface area contributed by atoms with Gasteiger partial charge in [0, 0.05) is 23.6 Å². The lowest BCUT2D eigenvalue weighted by molar-refractivity contribution is -0.124. The van der Waals surface area contributed by atoms with Crippen LogP contribution in [0.5, 0.6) is 0 Å². The average Bonchev–Trinajstić information content (AvgIpc) is 2.69. The van der Waals surface area contributed by atoms with E-state index in [4.69, 9.17) is 23.8 Å². The Morgan fingerprint density at radius 1 is 0.900 bits per heavy atom. The van der Waals surface area contributed by atoms with Crippen LogP contribution in [0.1, 0.15) is 29.5 Å². The number of hydrazine groups is 1. The Labute approximate surface area is 185 Å². The lowest BCUT2D eigenvalue weighted by atomic mass is 10.1. The Kier molecular flexibility index (Phi) is 8.76. The van der Waals surface area contributed by atoms with E-state index >= 15 is 0 Å². The van der Waals surface area contributed by atoms with Gasteiger partial charge >= 0.3 is 0 Å². The van der Waals surface area contributed by atoms with Gasteiger partial charge in [0.15, 0.2) is 5.11 Å². The van der Waals surface area contributed by atoms with E-state index in [9.17, 15) is 14.4 Å². The first-order chi connectivity index (χ1) is 14.2. The molecule has 2 rings (SSSR count). The van der Waals surface area contributed by atoms with Gasteiger partial charge in [-0.25, -0.2) is 0 Å². The predicted molar refractivity (Wildman–Crippen MR) is 121 cm³/mol. The second kappa shape index (κ2) is 11.3. The minimum absolute atomic E-state index is 0.0105. The molecule has 2 aromatic carbocycles. The first-order valence-corrected chi connectivity index (χ1v) is 10.0. The van der Waals surface area contributed by atoms with Gasteiger partial charge in [0.2, 0.25) is 17.7 Å². The highest BCUT2D eigenvalue weighted by molar-refractivity contribution is 7.80. The van der Waals surface area contributed by atoms with Crippen molar-refractivity contribution in [3.63, 3.8) is 0 Å². The van der Waals surface area contributed by atoms with Crippen LogP contribution in [0, 0.1) is 13.8 Å². The Bertz CT molecular complexity index is 948. The Morgan fingerprint density at radius 2 is 1.57 bits per heavy atom. The highest BCUT2D eigenvalue weighted by atomic mass is 35.5. The number of carbonyl (C=O) groups is 3. The van der Waals surface area contributed by atoms with E-state index in [-0.39, 0.29) is 36.2 Å². The van der Waals surface area contributed by atoms with E-state index in [2.05, 4.69) is 21.5 Å². The number of benzene rings is 2. The normalized spacial score (nSPS) is 10.1. The third-order valence-electron chi connectivity index (χ3n) is 4.09. The number of amides is 3. The highest BCUT2D eigenvalue weighted by Gasteiger charge is 2.10. The molecular weight excluding hydrogens is 424 g/mol. The maximum absolute atomic E-state index is 12.1. The molecule has 0 saturated carbocycles. The molecule has 3 amide bonds. The van der Waals surface area contributed by atoms with Crippen LogP contribution in [-0.4, -0.2) is 22.8 Å². The second-order valence-electron chi connectivity index (χ2n) is 6.72. The highest BCUT2D eigenvalue weighted by Crippen LogP contribution is 2.16. The molecule has 0 aliphatic carbocycles. The van der Waals surface area contributed by atoms with Crippen LogP contribution in [0.15, 0.2) is 42.5 Å². The molecule has 4 N–H and O–H groups in total. The fourth-order valence-electron chi connectivity index (χ4n) is 2.49. The molecule has 0 saturated heterocycles. The zero-order valence-electron chi connectivity index (χ0n) is 16.7. The molecule has 0 heterocycles. The van der Waals surface area contributed by atoms with Crippen molar-refractivity contribution in [3.8, 4) is 0 Å². The van der Waals surface area contributed by atoms with Gasteiger partial charge < -0.3 is 10.6 Å². The molecule has 0 spiro atoms. The van der Waals surface area contributed by atoms with Gasteiger partial charge in [0.1, 0.15) is 0 Å². The maximum atomic E-state index is 12.1. The zero-order chi connectivity index (χ0) is 22.1. The molecule has 9 heteroatoms. The summed E-state index contributed by atoms with van der Waals surface area (Å²) >= 11 is 10.8. The molecule has 0 atom stereocenters.